The highest BCUT2D eigenvalue weighted by molar-refractivity contribution is 5.78. The number of hydrogen-bond donors (Lipinski definition) is 0. The molecule has 2 aromatic rings. The SMILES string of the molecule is CC(=O)N1CC=C(c2nc3c(nc2N2CCC(Oc4ccc(F)cc4F)CC2)CCN(C(C)=O)C3)CC1. The smallest absolute Gasteiger partial charge is 0.219 e. The Hall–Kier alpha value is -3.56. The van der Waals surface area contributed by atoms with Crippen LogP contribution in [-0.4, -0.2) is 70.4 Å². The Bertz CT molecular complexity index is 1240. The van der Waals surface area contributed by atoms with Gasteiger partial charge in [0.1, 0.15) is 17.6 Å². The number of anilines is 1. The molecule has 0 saturated carbocycles. The molecule has 0 unspecified atom stereocenters. The molecule has 0 radical (unpaired) electrons. The lowest BCUT2D eigenvalue weighted by Gasteiger charge is -2.36. The van der Waals surface area contributed by atoms with Crippen LogP contribution in [0.15, 0.2) is 24.3 Å². The highest BCUT2D eigenvalue weighted by atomic mass is 19.1. The van der Waals surface area contributed by atoms with Crippen molar-refractivity contribution in [1.82, 2.24) is 19.8 Å². The second-order valence-electron chi connectivity index (χ2n) is 9.80. The Labute approximate surface area is 214 Å². The van der Waals surface area contributed by atoms with Crippen molar-refractivity contribution in [2.24, 2.45) is 0 Å². The summed E-state index contributed by atoms with van der Waals surface area (Å²) in [6.07, 6.45) is 4.50. The van der Waals surface area contributed by atoms with Gasteiger partial charge < -0.3 is 19.4 Å². The molecule has 0 spiro atoms. The third kappa shape index (κ3) is 5.42. The summed E-state index contributed by atoms with van der Waals surface area (Å²) in [5.74, 6) is -0.396. The van der Waals surface area contributed by atoms with Crippen LogP contribution in [0, 0.1) is 11.6 Å². The van der Waals surface area contributed by atoms with Crippen LogP contribution in [0.4, 0.5) is 14.6 Å². The summed E-state index contributed by atoms with van der Waals surface area (Å²) in [5, 5.41) is 0. The molecular formula is C27H31F2N5O3. The van der Waals surface area contributed by atoms with Crippen LogP contribution in [0.25, 0.3) is 5.57 Å². The van der Waals surface area contributed by atoms with Gasteiger partial charge >= 0.3 is 0 Å². The fourth-order valence-electron chi connectivity index (χ4n) is 5.13. The zero-order valence-electron chi connectivity index (χ0n) is 21.2. The lowest BCUT2D eigenvalue weighted by Crippen LogP contribution is -2.41. The van der Waals surface area contributed by atoms with Crippen molar-refractivity contribution in [3.63, 3.8) is 0 Å². The largest absolute Gasteiger partial charge is 0.487 e. The third-order valence-electron chi connectivity index (χ3n) is 7.32. The van der Waals surface area contributed by atoms with Crippen molar-refractivity contribution in [1.29, 1.82) is 0 Å². The Balaban J connectivity index is 1.38. The lowest BCUT2D eigenvalue weighted by molar-refractivity contribution is -0.130. The average molecular weight is 512 g/mol. The molecule has 1 aromatic heterocycles. The van der Waals surface area contributed by atoms with Gasteiger partial charge in [-0.25, -0.2) is 18.7 Å². The fourth-order valence-corrected chi connectivity index (χ4v) is 5.13. The normalized spacial score (nSPS) is 18.4. The van der Waals surface area contributed by atoms with Crippen LogP contribution in [0.5, 0.6) is 5.75 Å². The van der Waals surface area contributed by atoms with Crippen molar-refractivity contribution in [2.45, 2.75) is 52.2 Å². The minimum absolute atomic E-state index is 0.0201. The van der Waals surface area contributed by atoms with Gasteiger partial charge in [0.05, 0.1) is 17.9 Å². The molecule has 3 aliphatic heterocycles. The molecule has 0 atom stereocenters. The predicted molar refractivity (Wildman–Crippen MR) is 134 cm³/mol. The van der Waals surface area contributed by atoms with Gasteiger partial charge in [0, 0.05) is 71.9 Å². The van der Waals surface area contributed by atoms with E-state index in [2.05, 4.69) is 4.90 Å². The van der Waals surface area contributed by atoms with Crippen LogP contribution in [0.3, 0.4) is 0 Å². The summed E-state index contributed by atoms with van der Waals surface area (Å²) in [6, 6.07) is 3.35. The fraction of sp³-hybridized carbons (Fsp3) is 0.481. The van der Waals surface area contributed by atoms with Gasteiger partial charge in [0.15, 0.2) is 17.4 Å². The average Bonchev–Trinajstić information content (AvgIpc) is 2.89. The first kappa shape index (κ1) is 25.1. The molecule has 5 rings (SSSR count). The zero-order chi connectivity index (χ0) is 26.1. The van der Waals surface area contributed by atoms with E-state index in [1.54, 1.807) is 23.6 Å². The molecule has 8 nitrogen and oxygen atoms in total. The third-order valence-corrected chi connectivity index (χ3v) is 7.32. The highest BCUT2D eigenvalue weighted by Gasteiger charge is 2.30. The number of hydrogen-bond acceptors (Lipinski definition) is 6. The Kier molecular flexibility index (Phi) is 7.08. The van der Waals surface area contributed by atoms with E-state index in [-0.39, 0.29) is 23.7 Å². The second-order valence-corrected chi connectivity index (χ2v) is 9.80. The van der Waals surface area contributed by atoms with Crippen molar-refractivity contribution in [3.8, 4) is 5.75 Å². The van der Waals surface area contributed by atoms with E-state index >= 15 is 0 Å². The van der Waals surface area contributed by atoms with Gasteiger partial charge in [-0.05, 0) is 24.1 Å². The monoisotopic (exact) mass is 511 g/mol. The van der Waals surface area contributed by atoms with Gasteiger partial charge in [0.2, 0.25) is 11.8 Å². The molecule has 4 heterocycles. The molecule has 196 valence electrons. The van der Waals surface area contributed by atoms with E-state index in [1.807, 2.05) is 6.08 Å². The Morgan fingerprint density at radius 1 is 0.946 bits per heavy atom. The van der Waals surface area contributed by atoms with Crippen molar-refractivity contribution in [2.75, 3.05) is 37.6 Å². The lowest BCUT2D eigenvalue weighted by atomic mass is 10.0. The summed E-state index contributed by atoms with van der Waals surface area (Å²) in [5.41, 5.74) is 3.58. The maximum atomic E-state index is 14.1. The first-order valence-corrected chi connectivity index (χ1v) is 12.8. The van der Waals surface area contributed by atoms with Crippen molar-refractivity contribution in [3.05, 3.63) is 53.0 Å². The number of ether oxygens (including phenoxy) is 1. The van der Waals surface area contributed by atoms with E-state index in [9.17, 15) is 18.4 Å². The number of rotatable bonds is 4. The number of aromatic nitrogens is 2. The minimum Gasteiger partial charge on any atom is -0.487 e. The number of carbonyl (C=O) groups excluding carboxylic acids is 2. The maximum Gasteiger partial charge on any atom is 0.219 e. The van der Waals surface area contributed by atoms with Crippen molar-refractivity contribution >= 4 is 23.2 Å². The van der Waals surface area contributed by atoms with Crippen LogP contribution in [-0.2, 0) is 22.6 Å². The topological polar surface area (TPSA) is 78.9 Å². The number of benzene rings is 1. The van der Waals surface area contributed by atoms with E-state index in [4.69, 9.17) is 14.7 Å². The van der Waals surface area contributed by atoms with E-state index in [1.165, 1.54) is 12.1 Å². The second kappa shape index (κ2) is 10.4. The highest BCUT2D eigenvalue weighted by Crippen LogP contribution is 2.33. The Morgan fingerprint density at radius 2 is 1.68 bits per heavy atom. The maximum absolute atomic E-state index is 14.1. The molecular weight excluding hydrogens is 480 g/mol. The molecule has 37 heavy (non-hydrogen) atoms. The number of halogens is 2. The molecule has 1 aromatic carbocycles. The minimum atomic E-state index is -0.700. The van der Waals surface area contributed by atoms with Crippen LogP contribution in [0.1, 0.15) is 50.2 Å². The quantitative estimate of drug-likeness (QED) is 0.627. The number of nitrogens with zero attached hydrogens (tertiary/aromatic N) is 5. The first-order chi connectivity index (χ1) is 17.8. The van der Waals surface area contributed by atoms with Gasteiger partial charge in [-0.3, -0.25) is 9.59 Å². The van der Waals surface area contributed by atoms with Crippen LogP contribution in [0.2, 0.25) is 0 Å². The molecule has 2 amide bonds. The summed E-state index contributed by atoms with van der Waals surface area (Å²) >= 11 is 0. The molecule has 1 fully saturated rings. The summed E-state index contributed by atoms with van der Waals surface area (Å²) in [4.78, 5) is 39.7. The predicted octanol–water partition coefficient (Wildman–Crippen LogP) is 3.34. The molecule has 10 heteroatoms. The van der Waals surface area contributed by atoms with E-state index < -0.39 is 11.6 Å². The summed E-state index contributed by atoms with van der Waals surface area (Å²) < 4.78 is 33.2. The summed E-state index contributed by atoms with van der Waals surface area (Å²) in [6.45, 7) is 6.66. The van der Waals surface area contributed by atoms with Crippen LogP contribution < -0.4 is 9.64 Å². The van der Waals surface area contributed by atoms with E-state index in [0.717, 1.165) is 34.5 Å². The molecule has 0 N–H and O–H groups in total. The molecule has 0 bridgehead atoms. The van der Waals surface area contributed by atoms with E-state index in [0.29, 0.717) is 65.0 Å². The number of fused-ring (bicyclic) bond motifs is 1. The first-order valence-electron chi connectivity index (χ1n) is 12.8. The van der Waals surface area contributed by atoms with Gasteiger partial charge in [-0.1, -0.05) is 6.08 Å². The van der Waals surface area contributed by atoms with Gasteiger partial charge in [0.25, 0.3) is 0 Å². The van der Waals surface area contributed by atoms with Gasteiger partial charge in [-0.2, -0.15) is 0 Å². The molecule has 0 aliphatic carbocycles. The number of carbonyl (C=O) groups is 2. The summed E-state index contributed by atoms with van der Waals surface area (Å²) in [7, 11) is 0. The van der Waals surface area contributed by atoms with Crippen molar-refractivity contribution < 1.29 is 23.1 Å². The number of amides is 2. The standard InChI is InChI=1S/C27H31F2N5O3/c1-17(35)32-10-5-19(6-11-32)26-27(31-23-9-14-34(18(2)36)16-24(23)30-26)33-12-7-21(8-13-33)37-25-4-3-20(28)15-22(25)29/h3-5,15,21H,6-14,16H2,1-2H3. The van der Waals surface area contributed by atoms with Gasteiger partial charge in [-0.15, -0.1) is 0 Å². The Morgan fingerprint density at radius 3 is 2.32 bits per heavy atom. The molecule has 3 aliphatic rings. The number of piperidine rings is 1. The van der Waals surface area contributed by atoms with Crippen LogP contribution >= 0.6 is 0 Å². The molecule has 1 saturated heterocycles. The zero-order valence-corrected chi connectivity index (χ0v) is 21.2.